The van der Waals surface area contributed by atoms with Crippen LogP contribution < -0.4 is 9.64 Å². The number of ether oxygens (including phenoxy) is 1. The minimum absolute atomic E-state index is 0.249. The third-order valence-corrected chi connectivity index (χ3v) is 5.62. The fourth-order valence-corrected chi connectivity index (χ4v) is 4.29. The minimum atomic E-state index is -0.260. The molecule has 136 valence electrons. The molecule has 0 atom stereocenters. The fourth-order valence-electron chi connectivity index (χ4n) is 2.61. The summed E-state index contributed by atoms with van der Waals surface area (Å²) in [6.45, 7) is 6.77. The predicted octanol–water partition coefficient (Wildman–Crippen LogP) is 4.82. The first kappa shape index (κ1) is 18.7. The lowest BCUT2D eigenvalue weighted by molar-refractivity contribution is -0.119. The summed E-state index contributed by atoms with van der Waals surface area (Å²) in [6.07, 6.45) is 0. The zero-order valence-electron chi connectivity index (χ0n) is 15.0. The van der Waals surface area contributed by atoms with E-state index in [4.69, 9.17) is 4.74 Å². The molecule has 0 spiro atoms. The zero-order chi connectivity index (χ0) is 18.7. The number of carbonyl (C=O) groups excluding carboxylic acids is 2. The Labute approximate surface area is 161 Å². The van der Waals surface area contributed by atoms with Crippen molar-refractivity contribution in [1.82, 2.24) is 0 Å². The molecule has 1 aliphatic rings. The van der Waals surface area contributed by atoms with E-state index < -0.39 is 0 Å². The maximum Gasteiger partial charge on any atom is 0.272 e. The Morgan fingerprint density at radius 1 is 1.12 bits per heavy atom. The quantitative estimate of drug-likeness (QED) is 0.639. The molecule has 6 heteroatoms. The molecule has 2 aromatic rings. The van der Waals surface area contributed by atoms with Crippen molar-refractivity contribution >= 4 is 46.2 Å². The van der Waals surface area contributed by atoms with Crippen LogP contribution in [0.4, 0.5) is 5.69 Å². The van der Waals surface area contributed by atoms with E-state index in [-0.39, 0.29) is 11.8 Å². The summed E-state index contributed by atoms with van der Waals surface area (Å²) in [5.74, 6) is 1.39. The number of rotatable bonds is 7. The first-order chi connectivity index (χ1) is 12.5. The van der Waals surface area contributed by atoms with Gasteiger partial charge in [0.1, 0.15) is 5.75 Å². The molecule has 0 N–H and O–H groups in total. The zero-order valence-corrected chi connectivity index (χ0v) is 16.7. The standard InChI is InChI=1S/C20H21NO3S2/c1-4-25-18-17(16-6-5-11-26-16)19(22)21(20(18)23)14-7-9-15(10-8-14)24-12-13(2)3/h5-11,13H,4,12H2,1-3H3. The first-order valence-corrected chi connectivity index (χ1v) is 10.4. The predicted molar refractivity (Wildman–Crippen MR) is 109 cm³/mol. The van der Waals surface area contributed by atoms with Crippen molar-refractivity contribution in [2.45, 2.75) is 20.8 Å². The van der Waals surface area contributed by atoms with Crippen molar-refractivity contribution in [3.8, 4) is 5.75 Å². The third kappa shape index (κ3) is 3.71. The summed E-state index contributed by atoms with van der Waals surface area (Å²) in [4.78, 5) is 28.5. The van der Waals surface area contributed by atoms with E-state index in [1.54, 1.807) is 24.3 Å². The van der Waals surface area contributed by atoms with Crippen LogP contribution in [0.3, 0.4) is 0 Å². The molecule has 0 fully saturated rings. The van der Waals surface area contributed by atoms with Gasteiger partial charge in [0.2, 0.25) is 0 Å². The summed E-state index contributed by atoms with van der Waals surface area (Å²) in [5.41, 5.74) is 1.08. The van der Waals surface area contributed by atoms with Gasteiger partial charge in [-0.15, -0.1) is 23.1 Å². The summed E-state index contributed by atoms with van der Waals surface area (Å²) in [5, 5.41) is 1.91. The Balaban J connectivity index is 1.88. The topological polar surface area (TPSA) is 46.6 Å². The van der Waals surface area contributed by atoms with E-state index in [0.717, 1.165) is 16.4 Å². The number of anilines is 1. The van der Waals surface area contributed by atoms with Gasteiger partial charge < -0.3 is 4.74 Å². The highest BCUT2D eigenvalue weighted by molar-refractivity contribution is 8.04. The van der Waals surface area contributed by atoms with Crippen LogP contribution >= 0.6 is 23.1 Å². The number of imide groups is 1. The second-order valence-electron chi connectivity index (χ2n) is 6.26. The Kier molecular flexibility index (Phi) is 5.84. The van der Waals surface area contributed by atoms with Crippen molar-refractivity contribution in [2.24, 2.45) is 5.92 Å². The second kappa shape index (κ2) is 8.10. The van der Waals surface area contributed by atoms with E-state index in [9.17, 15) is 9.59 Å². The van der Waals surface area contributed by atoms with Crippen molar-refractivity contribution in [2.75, 3.05) is 17.3 Å². The van der Waals surface area contributed by atoms with Gasteiger partial charge in [0.15, 0.2) is 0 Å². The van der Waals surface area contributed by atoms with Crippen molar-refractivity contribution in [3.05, 3.63) is 51.6 Å². The van der Waals surface area contributed by atoms with Crippen LogP contribution in [0.25, 0.3) is 5.57 Å². The number of nitrogens with zero attached hydrogens (tertiary/aromatic N) is 1. The van der Waals surface area contributed by atoms with Crippen LogP contribution in [0.1, 0.15) is 25.6 Å². The summed E-state index contributed by atoms with van der Waals surface area (Å²) >= 11 is 2.89. The largest absolute Gasteiger partial charge is 0.493 e. The number of benzene rings is 1. The maximum atomic E-state index is 13.0. The molecule has 26 heavy (non-hydrogen) atoms. The Hall–Kier alpha value is -2.05. The highest BCUT2D eigenvalue weighted by Gasteiger charge is 2.40. The molecule has 2 amide bonds. The van der Waals surface area contributed by atoms with Crippen LogP contribution in [-0.4, -0.2) is 24.2 Å². The molecule has 0 aliphatic carbocycles. The smallest absolute Gasteiger partial charge is 0.272 e. The van der Waals surface area contributed by atoms with Crippen LogP contribution in [0.15, 0.2) is 46.7 Å². The van der Waals surface area contributed by atoms with E-state index >= 15 is 0 Å². The molecule has 0 unspecified atom stereocenters. The highest BCUT2D eigenvalue weighted by atomic mass is 32.2. The van der Waals surface area contributed by atoms with Gasteiger partial charge in [0, 0.05) is 4.88 Å². The van der Waals surface area contributed by atoms with E-state index in [2.05, 4.69) is 13.8 Å². The molecule has 1 aromatic carbocycles. The lowest BCUT2D eigenvalue weighted by atomic mass is 10.2. The van der Waals surface area contributed by atoms with Crippen molar-refractivity contribution in [3.63, 3.8) is 0 Å². The van der Waals surface area contributed by atoms with Gasteiger partial charge >= 0.3 is 0 Å². The van der Waals surface area contributed by atoms with Gasteiger partial charge in [0.25, 0.3) is 11.8 Å². The second-order valence-corrected chi connectivity index (χ2v) is 8.48. The number of carbonyl (C=O) groups is 2. The van der Waals surface area contributed by atoms with Crippen molar-refractivity contribution < 1.29 is 14.3 Å². The number of amides is 2. The summed E-state index contributed by atoms with van der Waals surface area (Å²) in [7, 11) is 0. The molecule has 4 nitrogen and oxygen atoms in total. The van der Waals surface area contributed by atoms with Crippen molar-refractivity contribution in [1.29, 1.82) is 0 Å². The van der Waals surface area contributed by atoms with Crippen LogP contribution in [-0.2, 0) is 9.59 Å². The average Bonchev–Trinajstić information content (AvgIpc) is 3.22. The molecular formula is C20H21NO3S2. The third-order valence-electron chi connectivity index (χ3n) is 3.78. The van der Waals surface area contributed by atoms with Crippen LogP contribution in [0.2, 0.25) is 0 Å². The van der Waals surface area contributed by atoms with Gasteiger partial charge in [-0.25, -0.2) is 4.90 Å². The Morgan fingerprint density at radius 2 is 1.85 bits per heavy atom. The average molecular weight is 388 g/mol. The van der Waals surface area contributed by atoms with Gasteiger partial charge in [0.05, 0.1) is 22.8 Å². The van der Waals surface area contributed by atoms with Gasteiger partial charge in [-0.1, -0.05) is 26.8 Å². The normalized spacial score (nSPS) is 14.7. The fraction of sp³-hybridized carbons (Fsp3) is 0.300. The lowest BCUT2D eigenvalue weighted by Gasteiger charge is -2.16. The summed E-state index contributed by atoms with van der Waals surface area (Å²) in [6, 6.07) is 10.9. The van der Waals surface area contributed by atoms with Crippen LogP contribution in [0, 0.1) is 5.92 Å². The number of thiophene rings is 1. The number of thioether (sulfide) groups is 1. The monoisotopic (exact) mass is 387 g/mol. The SMILES string of the molecule is CCSC1=C(c2cccs2)C(=O)N(c2ccc(OCC(C)C)cc2)C1=O. The van der Waals surface area contributed by atoms with Gasteiger partial charge in [-0.05, 0) is 47.4 Å². The van der Waals surface area contributed by atoms with E-state index in [1.807, 2.05) is 24.4 Å². The first-order valence-electron chi connectivity index (χ1n) is 8.55. The van der Waals surface area contributed by atoms with Gasteiger partial charge in [-0.3, -0.25) is 9.59 Å². The lowest BCUT2D eigenvalue weighted by Crippen LogP contribution is -2.31. The molecule has 2 heterocycles. The van der Waals surface area contributed by atoms with E-state index in [1.165, 1.54) is 28.0 Å². The molecule has 1 aliphatic heterocycles. The molecular weight excluding hydrogens is 366 g/mol. The van der Waals surface area contributed by atoms with Crippen LogP contribution in [0.5, 0.6) is 5.75 Å². The molecule has 3 rings (SSSR count). The Morgan fingerprint density at radius 3 is 2.42 bits per heavy atom. The van der Waals surface area contributed by atoms with Gasteiger partial charge in [-0.2, -0.15) is 0 Å². The molecule has 0 bridgehead atoms. The van der Waals surface area contributed by atoms with E-state index in [0.29, 0.717) is 28.7 Å². The maximum absolute atomic E-state index is 13.0. The molecule has 0 radical (unpaired) electrons. The number of hydrogen-bond acceptors (Lipinski definition) is 5. The molecule has 1 aromatic heterocycles. The molecule has 0 saturated heterocycles. The minimum Gasteiger partial charge on any atom is -0.493 e. The highest BCUT2D eigenvalue weighted by Crippen LogP contribution is 2.39. The number of hydrogen-bond donors (Lipinski definition) is 0. The Bertz CT molecular complexity index is 823. The summed E-state index contributed by atoms with van der Waals surface area (Å²) < 4.78 is 5.68. The molecule has 0 saturated carbocycles.